The Bertz CT molecular complexity index is 812. The molecule has 31 heavy (non-hydrogen) atoms. The van der Waals surface area contributed by atoms with Crippen molar-refractivity contribution in [1.82, 2.24) is 0 Å². The molecule has 2 aromatic carbocycles. The number of carbonyl (C=O) groups is 2. The topological polar surface area (TPSA) is 52.6 Å². The van der Waals surface area contributed by atoms with Crippen LogP contribution in [0.1, 0.15) is 84.8 Å². The quantitative estimate of drug-likeness (QED) is 0.342. The lowest BCUT2D eigenvalue weighted by Gasteiger charge is -2.31. The third kappa shape index (κ3) is 6.68. The smallest absolute Gasteiger partial charge is 0.316 e. The molecule has 0 atom stereocenters. The first-order valence-corrected chi connectivity index (χ1v) is 11.0. The van der Waals surface area contributed by atoms with E-state index in [2.05, 4.69) is 27.7 Å². The number of carbonyl (C=O) groups excluding carboxylic acids is 2. The molecule has 0 saturated carbocycles. The first-order chi connectivity index (χ1) is 14.3. The molecule has 2 rings (SSSR count). The SMILES string of the molecule is CC(C)c1ccc(OC(=O)C(C)(C)CC(C)(C)C(=O)Oc2ccc(C(C)C)cc2)cc1. The van der Waals surface area contributed by atoms with E-state index in [9.17, 15) is 9.59 Å². The van der Waals surface area contributed by atoms with E-state index in [1.165, 1.54) is 11.1 Å². The Morgan fingerprint density at radius 3 is 1.19 bits per heavy atom. The van der Waals surface area contributed by atoms with Gasteiger partial charge in [0.05, 0.1) is 10.8 Å². The van der Waals surface area contributed by atoms with Gasteiger partial charge in [0.2, 0.25) is 0 Å². The Morgan fingerprint density at radius 1 is 0.645 bits per heavy atom. The van der Waals surface area contributed by atoms with Crippen LogP contribution in [0.15, 0.2) is 48.5 Å². The van der Waals surface area contributed by atoms with Gasteiger partial charge in [0.15, 0.2) is 0 Å². The second-order valence-electron chi connectivity index (χ2n) is 10.2. The zero-order chi connectivity index (χ0) is 23.4. The molecule has 0 radical (unpaired) electrons. The predicted octanol–water partition coefficient (Wildman–Crippen LogP) is 6.89. The third-order valence-electron chi connectivity index (χ3n) is 5.50. The monoisotopic (exact) mass is 424 g/mol. The van der Waals surface area contributed by atoms with E-state index >= 15 is 0 Å². The van der Waals surface area contributed by atoms with E-state index in [4.69, 9.17) is 9.47 Å². The van der Waals surface area contributed by atoms with Gasteiger partial charge >= 0.3 is 11.9 Å². The van der Waals surface area contributed by atoms with Crippen LogP contribution < -0.4 is 9.47 Å². The van der Waals surface area contributed by atoms with Gasteiger partial charge in [-0.2, -0.15) is 0 Å². The molecular formula is C27H36O4. The number of hydrogen-bond acceptors (Lipinski definition) is 4. The highest BCUT2D eigenvalue weighted by Gasteiger charge is 2.41. The summed E-state index contributed by atoms with van der Waals surface area (Å²) >= 11 is 0. The summed E-state index contributed by atoms with van der Waals surface area (Å²) in [5, 5.41) is 0. The number of benzene rings is 2. The van der Waals surface area contributed by atoms with Crippen molar-refractivity contribution >= 4 is 11.9 Å². The van der Waals surface area contributed by atoms with Gasteiger partial charge in [-0.1, -0.05) is 52.0 Å². The fourth-order valence-corrected chi connectivity index (χ4v) is 3.58. The maximum Gasteiger partial charge on any atom is 0.316 e. The Kier molecular flexibility index (Phi) is 7.69. The first kappa shape index (κ1) is 24.6. The number of hydrogen-bond donors (Lipinski definition) is 0. The number of esters is 2. The van der Waals surface area contributed by atoms with Crippen LogP contribution in [0.4, 0.5) is 0 Å². The largest absolute Gasteiger partial charge is 0.426 e. The average Bonchev–Trinajstić information content (AvgIpc) is 2.68. The van der Waals surface area contributed by atoms with Crippen LogP contribution in [0.3, 0.4) is 0 Å². The Hall–Kier alpha value is -2.62. The van der Waals surface area contributed by atoms with E-state index in [-0.39, 0.29) is 11.9 Å². The van der Waals surface area contributed by atoms with E-state index in [1.54, 1.807) is 27.7 Å². The number of ether oxygens (including phenoxy) is 2. The Labute approximate surface area is 187 Å². The van der Waals surface area contributed by atoms with Crippen molar-refractivity contribution in [2.45, 2.75) is 73.6 Å². The van der Waals surface area contributed by atoms with Crippen molar-refractivity contribution in [2.75, 3.05) is 0 Å². The lowest BCUT2D eigenvalue weighted by atomic mass is 9.75. The van der Waals surface area contributed by atoms with Gasteiger partial charge in [0.1, 0.15) is 11.5 Å². The van der Waals surface area contributed by atoms with Crippen molar-refractivity contribution in [2.24, 2.45) is 10.8 Å². The van der Waals surface area contributed by atoms with E-state index in [0.29, 0.717) is 29.8 Å². The summed E-state index contributed by atoms with van der Waals surface area (Å²) in [6.45, 7) is 15.6. The lowest BCUT2D eigenvalue weighted by molar-refractivity contribution is -0.151. The molecule has 0 amide bonds. The molecule has 2 aromatic rings. The van der Waals surface area contributed by atoms with Crippen LogP contribution in [-0.2, 0) is 9.59 Å². The summed E-state index contributed by atoms with van der Waals surface area (Å²) in [5.74, 6) is 1.10. The molecule has 0 N–H and O–H groups in total. The van der Waals surface area contributed by atoms with Crippen LogP contribution in [0.2, 0.25) is 0 Å². The standard InChI is InChI=1S/C27H36O4/c1-18(2)20-9-13-22(14-10-20)30-24(28)26(5,6)17-27(7,8)25(29)31-23-15-11-21(12-16-23)19(3)4/h9-16,18-19H,17H2,1-8H3. The fraction of sp³-hybridized carbons (Fsp3) is 0.481. The molecule has 0 heterocycles. The maximum atomic E-state index is 12.8. The van der Waals surface area contributed by atoms with Crippen LogP contribution in [-0.4, -0.2) is 11.9 Å². The fourth-order valence-electron chi connectivity index (χ4n) is 3.58. The third-order valence-corrected chi connectivity index (χ3v) is 5.50. The first-order valence-electron chi connectivity index (χ1n) is 11.0. The van der Waals surface area contributed by atoms with Crippen LogP contribution >= 0.6 is 0 Å². The van der Waals surface area contributed by atoms with E-state index in [0.717, 1.165) is 0 Å². The van der Waals surface area contributed by atoms with Crippen LogP contribution in [0.5, 0.6) is 11.5 Å². The van der Waals surface area contributed by atoms with E-state index < -0.39 is 10.8 Å². The molecular weight excluding hydrogens is 388 g/mol. The average molecular weight is 425 g/mol. The van der Waals surface area contributed by atoms with Gasteiger partial charge in [-0.3, -0.25) is 9.59 Å². The summed E-state index contributed by atoms with van der Waals surface area (Å²) in [7, 11) is 0. The van der Waals surface area contributed by atoms with Crippen molar-refractivity contribution in [3.8, 4) is 11.5 Å². The van der Waals surface area contributed by atoms with Gasteiger partial charge in [-0.25, -0.2) is 0 Å². The minimum atomic E-state index is -0.860. The summed E-state index contributed by atoms with van der Waals surface area (Å²) in [6.07, 6.45) is 0.297. The molecule has 0 spiro atoms. The highest BCUT2D eigenvalue weighted by molar-refractivity contribution is 5.82. The molecule has 4 nitrogen and oxygen atoms in total. The zero-order valence-corrected chi connectivity index (χ0v) is 20.1. The molecule has 0 unspecified atom stereocenters. The molecule has 0 aliphatic heterocycles. The minimum Gasteiger partial charge on any atom is -0.426 e. The predicted molar refractivity (Wildman–Crippen MR) is 125 cm³/mol. The van der Waals surface area contributed by atoms with E-state index in [1.807, 2.05) is 48.5 Å². The molecule has 4 heteroatoms. The molecule has 0 aliphatic carbocycles. The van der Waals surface area contributed by atoms with Gasteiger partial charge < -0.3 is 9.47 Å². The minimum absolute atomic E-state index is 0.297. The molecule has 0 fully saturated rings. The molecule has 168 valence electrons. The summed E-state index contributed by atoms with van der Waals surface area (Å²) < 4.78 is 11.2. The van der Waals surface area contributed by atoms with Gasteiger partial charge in [-0.15, -0.1) is 0 Å². The molecule has 0 aromatic heterocycles. The summed E-state index contributed by atoms with van der Waals surface area (Å²) in [4.78, 5) is 25.7. The van der Waals surface area contributed by atoms with Crippen LogP contribution in [0, 0.1) is 10.8 Å². The van der Waals surface area contributed by atoms with Gasteiger partial charge in [0.25, 0.3) is 0 Å². The lowest BCUT2D eigenvalue weighted by Crippen LogP contribution is -2.39. The zero-order valence-electron chi connectivity index (χ0n) is 20.1. The summed E-state index contributed by atoms with van der Waals surface area (Å²) in [6, 6.07) is 15.1. The highest BCUT2D eigenvalue weighted by Crippen LogP contribution is 2.36. The summed E-state index contributed by atoms with van der Waals surface area (Å²) in [5.41, 5.74) is 0.648. The Morgan fingerprint density at radius 2 is 0.935 bits per heavy atom. The normalized spacial score (nSPS) is 12.2. The molecule has 0 aliphatic rings. The van der Waals surface area contributed by atoms with Gasteiger partial charge in [-0.05, 0) is 81.3 Å². The van der Waals surface area contributed by atoms with Crippen molar-refractivity contribution < 1.29 is 19.1 Å². The van der Waals surface area contributed by atoms with Crippen molar-refractivity contribution in [1.29, 1.82) is 0 Å². The maximum absolute atomic E-state index is 12.8. The van der Waals surface area contributed by atoms with Crippen LogP contribution in [0.25, 0.3) is 0 Å². The second kappa shape index (κ2) is 9.67. The van der Waals surface area contributed by atoms with Gasteiger partial charge in [0, 0.05) is 0 Å². The molecule has 0 bridgehead atoms. The number of rotatable bonds is 8. The molecule has 0 saturated heterocycles. The highest BCUT2D eigenvalue weighted by atomic mass is 16.5. The van der Waals surface area contributed by atoms with Crippen molar-refractivity contribution in [3.05, 3.63) is 59.7 Å². The Balaban J connectivity index is 2.03. The second-order valence-corrected chi connectivity index (χ2v) is 10.2. The van der Waals surface area contributed by atoms with Crippen molar-refractivity contribution in [3.63, 3.8) is 0 Å².